The summed E-state index contributed by atoms with van der Waals surface area (Å²) in [7, 11) is 0. The van der Waals surface area contributed by atoms with Crippen molar-refractivity contribution < 1.29 is 8.78 Å². The molecule has 5 nitrogen and oxygen atoms in total. The molecular weight excluding hydrogens is 240 g/mol. The Hall–Kier alpha value is -2.18. The number of aromatic nitrogens is 3. The van der Waals surface area contributed by atoms with Gasteiger partial charge in [0.2, 0.25) is 11.9 Å². The first-order valence-electron chi connectivity index (χ1n) is 5.57. The van der Waals surface area contributed by atoms with Crippen molar-refractivity contribution in [3.05, 3.63) is 29.8 Å². The van der Waals surface area contributed by atoms with Gasteiger partial charge in [-0.3, -0.25) is 0 Å². The van der Waals surface area contributed by atoms with Crippen molar-refractivity contribution in [1.29, 1.82) is 0 Å². The number of fused-ring (bicyclic) bond motifs is 1. The summed E-state index contributed by atoms with van der Waals surface area (Å²) in [6.45, 7) is 1.33. The van der Waals surface area contributed by atoms with Gasteiger partial charge in [-0.15, -0.1) is 5.10 Å². The molecule has 7 heteroatoms. The number of hydrogen-bond acceptors (Lipinski definition) is 4. The summed E-state index contributed by atoms with van der Waals surface area (Å²) in [4.78, 5) is 5.79. The average molecular weight is 251 g/mol. The van der Waals surface area contributed by atoms with Crippen molar-refractivity contribution in [2.45, 2.75) is 13.0 Å². The lowest BCUT2D eigenvalue weighted by atomic mass is 10.2. The molecule has 0 bridgehead atoms. The van der Waals surface area contributed by atoms with Gasteiger partial charge in [0.25, 0.3) is 0 Å². The van der Waals surface area contributed by atoms with Gasteiger partial charge in [-0.05, 0) is 18.6 Å². The van der Waals surface area contributed by atoms with Crippen LogP contribution in [0.1, 0.15) is 6.42 Å². The molecule has 1 aliphatic rings. The van der Waals surface area contributed by atoms with E-state index in [1.54, 1.807) is 9.58 Å². The third kappa shape index (κ3) is 1.77. The summed E-state index contributed by atoms with van der Waals surface area (Å²) >= 11 is 0. The highest BCUT2D eigenvalue weighted by molar-refractivity contribution is 5.59. The number of aryl methyl sites for hydroxylation is 1. The SMILES string of the molecule is Nc1nc2n(n1)CCCN2c1cc(F)cc(F)c1. The minimum Gasteiger partial charge on any atom is -0.366 e. The van der Waals surface area contributed by atoms with Gasteiger partial charge in [-0.2, -0.15) is 4.98 Å². The number of nitrogens with two attached hydrogens (primary N) is 1. The molecule has 0 aliphatic carbocycles. The largest absolute Gasteiger partial charge is 0.366 e. The fourth-order valence-corrected chi connectivity index (χ4v) is 2.12. The first-order valence-corrected chi connectivity index (χ1v) is 5.57. The van der Waals surface area contributed by atoms with Crippen molar-refractivity contribution >= 4 is 17.6 Å². The number of benzene rings is 1. The summed E-state index contributed by atoms with van der Waals surface area (Å²) in [5.74, 6) is -0.554. The maximum Gasteiger partial charge on any atom is 0.241 e. The molecule has 1 aliphatic heterocycles. The van der Waals surface area contributed by atoms with Crippen LogP contribution in [-0.4, -0.2) is 21.3 Å². The van der Waals surface area contributed by atoms with Gasteiger partial charge in [0.1, 0.15) is 11.6 Å². The lowest BCUT2D eigenvalue weighted by molar-refractivity contribution is 0.536. The van der Waals surface area contributed by atoms with E-state index in [2.05, 4.69) is 10.1 Å². The van der Waals surface area contributed by atoms with Crippen LogP contribution in [-0.2, 0) is 6.54 Å². The van der Waals surface area contributed by atoms with Gasteiger partial charge in [-0.1, -0.05) is 0 Å². The number of nitrogens with zero attached hydrogens (tertiary/aromatic N) is 4. The normalized spacial score (nSPS) is 14.7. The van der Waals surface area contributed by atoms with Crippen molar-refractivity contribution in [2.24, 2.45) is 0 Å². The van der Waals surface area contributed by atoms with Crippen LogP contribution in [0.25, 0.3) is 0 Å². The molecule has 2 N–H and O–H groups in total. The van der Waals surface area contributed by atoms with E-state index in [9.17, 15) is 8.78 Å². The Bertz CT molecular complexity index is 575. The molecule has 94 valence electrons. The number of halogens is 2. The Balaban J connectivity index is 2.07. The molecular formula is C11H11F2N5. The van der Waals surface area contributed by atoms with Gasteiger partial charge >= 0.3 is 0 Å². The fraction of sp³-hybridized carbons (Fsp3) is 0.273. The smallest absolute Gasteiger partial charge is 0.241 e. The Morgan fingerprint density at radius 3 is 2.56 bits per heavy atom. The Labute approximate surface area is 102 Å². The second-order valence-corrected chi connectivity index (χ2v) is 4.13. The Morgan fingerprint density at radius 2 is 1.83 bits per heavy atom. The van der Waals surface area contributed by atoms with Gasteiger partial charge in [-0.25, -0.2) is 13.5 Å². The average Bonchev–Trinajstić information content (AvgIpc) is 2.67. The Kier molecular flexibility index (Phi) is 2.39. The predicted molar refractivity (Wildman–Crippen MR) is 62.4 cm³/mol. The van der Waals surface area contributed by atoms with Crippen molar-refractivity contribution in [3.63, 3.8) is 0 Å². The van der Waals surface area contributed by atoms with Crippen LogP contribution in [0, 0.1) is 11.6 Å². The van der Waals surface area contributed by atoms with Crippen LogP contribution < -0.4 is 10.6 Å². The minimum atomic E-state index is -0.616. The molecule has 2 heterocycles. The number of nitrogen functional groups attached to an aromatic ring is 1. The van der Waals surface area contributed by atoms with E-state index in [0.717, 1.165) is 12.5 Å². The van der Waals surface area contributed by atoms with E-state index in [-0.39, 0.29) is 5.95 Å². The molecule has 0 radical (unpaired) electrons. The monoisotopic (exact) mass is 251 g/mol. The van der Waals surface area contributed by atoms with Gasteiger partial charge in [0, 0.05) is 24.8 Å². The molecule has 0 fully saturated rings. The van der Waals surface area contributed by atoms with Crippen LogP contribution in [0.4, 0.5) is 26.4 Å². The van der Waals surface area contributed by atoms with E-state index >= 15 is 0 Å². The third-order valence-electron chi connectivity index (χ3n) is 2.82. The van der Waals surface area contributed by atoms with Gasteiger partial charge in [0.15, 0.2) is 0 Å². The Morgan fingerprint density at radius 1 is 1.11 bits per heavy atom. The molecule has 3 rings (SSSR count). The van der Waals surface area contributed by atoms with Crippen LogP contribution >= 0.6 is 0 Å². The zero-order valence-corrected chi connectivity index (χ0v) is 9.48. The van der Waals surface area contributed by atoms with E-state index in [1.165, 1.54) is 12.1 Å². The second-order valence-electron chi connectivity index (χ2n) is 4.13. The molecule has 0 saturated heterocycles. The van der Waals surface area contributed by atoms with Crippen LogP contribution in [0.2, 0.25) is 0 Å². The number of rotatable bonds is 1. The highest BCUT2D eigenvalue weighted by atomic mass is 19.1. The summed E-state index contributed by atoms with van der Waals surface area (Å²) in [6.07, 6.45) is 0.813. The predicted octanol–water partition coefficient (Wildman–Crippen LogP) is 1.68. The molecule has 1 aromatic heterocycles. The summed E-state index contributed by atoms with van der Waals surface area (Å²) in [5, 5.41) is 4.03. The number of hydrogen-bond donors (Lipinski definition) is 1. The standard InChI is InChI=1S/C11H11F2N5/c12-7-4-8(13)6-9(5-7)17-2-1-3-18-11(17)15-10(14)16-18/h4-6H,1-3H2,(H2,14,16). The number of anilines is 3. The zero-order chi connectivity index (χ0) is 12.7. The topological polar surface area (TPSA) is 60.0 Å². The van der Waals surface area contributed by atoms with Crippen LogP contribution in [0.3, 0.4) is 0 Å². The third-order valence-corrected chi connectivity index (χ3v) is 2.82. The molecule has 2 aromatic rings. The van der Waals surface area contributed by atoms with Gasteiger partial charge in [0.05, 0.1) is 0 Å². The lowest BCUT2D eigenvalue weighted by Gasteiger charge is -2.27. The van der Waals surface area contributed by atoms with Crippen LogP contribution in [0.5, 0.6) is 0 Å². The molecule has 0 unspecified atom stereocenters. The fourth-order valence-electron chi connectivity index (χ4n) is 2.12. The maximum absolute atomic E-state index is 13.2. The van der Waals surface area contributed by atoms with Crippen molar-refractivity contribution in [2.75, 3.05) is 17.2 Å². The van der Waals surface area contributed by atoms with E-state index < -0.39 is 11.6 Å². The van der Waals surface area contributed by atoms with Crippen LogP contribution in [0.15, 0.2) is 18.2 Å². The highest BCUT2D eigenvalue weighted by Crippen LogP contribution is 2.29. The lowest BCUT2D eigenvalue weighted by Crippen LogP contribution is -2.28. The van der Waals surface area contributed by atoms with E-state index in [0.29, 0.717) is 24.7 Å². The summed E-state index contributed by atoms with van der Waals surface area (Å²) in [5.41, 5.74) is 5.96. The van der Waals surface area contributed by atoms with Gasteiger partial charge < -0.3 is 10.6 Å². The van der Waals surface area contributed by atoms with Crippen molar-refractivity contribution in [1.82, 2.24) is 14.8 Å². The molecule has 18 heavy (non-hydrogen) atoms. The highest BCUT2D eigenvalue weighted by Gasteiger charge is 2.22. The molecule has 0 amide bonds. The quantitative estimate of drug-likeness (QED) is 0.837. The van der Waals surface area contributed by atoms with E-state index in [4.69, 9.17) is 5.73 Å². The molecule has 0 spiro atoms. The summed E-state index contributed by atoms with van der Waals surface area (Å²) < 4.78 is 28.1. The molecule has 0 saturated carbocycles. The summed E-state index contributed by atoms with van der Waals surface area (Å²) in [6, 6.07) is 3.37. The van der Waals surface area contributed by atoms with Crippen molar-refractivity contribution in [3.8, 4) is 0 Å². The maximum atomic E-state index is 13.2. The zero-order valence-electron chi connectivity index (χ0n) is 9.48. The first-order chi connectivity index (χ1) is 8.63. The van der Waals surface area contributed by atoms with E-state index in [1.807, 2.05) is 0 Å². The first kappa shape index (κ1) is 10.9. The molecule has 1 aromatic carbocycles. The second kappa shape index (κ2) is 3.94. The molecule has 0 atom stereocenters. The minimum absolute atomic E-state index is 0.161.